The van der Waals surface area contributed by atoms with Crippen molar-refractivity contribution in [2.24, 2.45) is 0 Å². The van der Waals surface area contributed by atoms with Gasteiger partial charge >= 0.3 is 0 Å². The van der Waals surface area contributed by atoms with Gasteiger partial charge in [-0.1, -0.05) is 18.2 Å². The molecular formula is C18H24N4O3. The maximum absolute atomic E-state index is 12.6. The van der Waals surface area contributed by atoms with E-state index in [1.54, 1.807) is 21.7 Å². The molecule has 1 aliphatic heterocycles. The molecule has 7 nitrogen and oxygen atoms in total. The highest BCUT2D eigenvalue weighted by molar-refractivity contribution is 5.95. The van der Waals surface area contributed by atoms with E-state index < -0.39 is 0 Å². The second kappa shape index (κ2) is 9.77. The summed E-state index contributed by atoms with van der Waals surface area (Å²) in [6.07, 6.45) is 0.261. The van der Waals surface area contributed by atoms with Crippen molar-refractivity contribution in [3.8, 4) is 6.07 Å². The highest BCUT2D eigenvalue weighted by Gasteiger charge is 2.21. The Morgan fingerprint density at radius 3 is 2.52 bits per heavy atom. The summed E-state index contributed by atoms with van der Waals surface area (Å²) < 4.78 is 5.24. The lowest BCUT2D eigenvalue weighted by Gasteiger charge is -2.29. The Hall–Kier alpha value is -2.43. The minimum Gasteiger partial charge on any atom is -0.378 e. The van der Waals surface area contributed by atoms with Gasteiger partial charge in [0.2, 0.25) is 11.8 Å². The summed E-state index contributed by atoms with van der Waals surface area (Å²) in [4.78, 5) is 30.0. The van der Waals surface area contributed by atoms with Gasteiger partial charge in [-0.3, -0.25) is 14.5 Å². The third-order valence-electron chi connectivity index (χ3n) is 3.99. The third-order valence-corrected chi connectivity index (χ3v) is 3.99. The van der Waals surface area contributed by atoms with Gasteiger partial charge in [0.1, 0.15) is 0 Å². The molecule has 0 atom stereocenters. The van der Waals surface area contributed by atoms with Crippen LogP contribution in [0.25, 0.3) is 0 Å². The van der Waals surface area contributed by atoms with Gasteiger partial charge in [-0.05, 0) is 19.2 Å². The van der Waals surface area contributed by atoms with E-state index in [9.17, 15) is 9.59 Å². The van der Waals surface area contributed by atoms with E-state index >= 15 is 0 Å². The summed E-state index contributed by atoms with van der Waals surface area (Å²) in [5.74, 6) is -0.124. The Morgan fingerprint density at radius 2 is 1.88 bits per heavy atom. The standard InChI is InChI=1S/C18H24N4O3/c1-20(14-17(23)21-10-12-25-13-11-21)15-18(24)22(9-5-8-19)16-6-3-2-4-7-16/h2-4,6-7H,5,9-15H2,1H3. The van der Waals surface area contributed by atoms with E-state index in [-0.39, 0.29) is 31.3 Å². The number of benzene rings is 1. The summed E-state index contributed by atoms with van der Waals surface area (Å²) in [5, 5.41) is 8.83. The Balaban J connectivity index is 1.92. The van der Waals surface area contributed by atoms with Gasteiger partial charge in [-0.2, -0.15) is 5.26 Å². The zero-order valence-electron chi connectivity index (χ0n) is 14.6. The van der Waals surface area contributed by atoms with Crippen molar-refractivity contribution < 1.29 is 14.3 Å². The highest BCUT2D eigenvalue weighted by Crippen LogP contribution is 2.14. The number of hydrogen-bond acceptors (Lipinski definition) is 5. The first-order chi connectivity index (χ1) is 12.1. The molecule has 7 heteroatoms. The molecule has 0 aliphatic carbocycles. The van der Waals surface area contributed by atoms with Crippen LogP contribution in [0, 0.1) is 11.3 Å². The molecule has 0 N–H and O–H groups in total. The summed E-state index contributed by atoms with van der Waals surface area (Å²) in [7, 11) is 1.75. The van der Waals surface area contributed by atoms with Crippen molar-refractivity contribution in [2.45, 2.75) is 6.42 Å². The van der Waals surface area contributed by atoms with Gasteiger partial charge in [0.25, 0.3) is 0 Å². The number of morpholine rings is 1. The molecule has 0 spiro atoms. The molecule has 0 unspecified atom stereocenters. The van der Waals surface area contributed by atoms with E-state index in [1.807, 2.05) is 30.3 Å². The van der Waals surface area contributed by atoms with Gasteiger partial charge in [-0.25, -0.2) is 0 Å². The van der Waals surface area contributed by atoms with Crippen LogP contribution in [0.3, 0.4) is 0 Å². The Morgan fingerprint density at radius 1 is 1.20 bits per heavy atom. The molecule has 1 aromatic carbocycles. The molecule has 2 rings (SSSR count). The Bertz CT molecular complexity index is 608. The average Bonchev–Trinajstić information content (AvgIpc) is 2.63. The molecule has 1 fully saturated rings. The first-order valence-electron chi connectivity index (χ1n) is 8.38. The zero-order valence-corrected chi connectivity index (χ0v) is 14.6. The third kappa shape index (κ3) is 5.85. The van der Waals surface area contributed by atoms with E-state index in [0.29, 0.717) is 32.8 Å². The van der Waals surface area contributed by atoms with Crippen LogP contribution in [0.2, 0.25) is 0 Å². The molecule has 0 radical (unpaired) electrons. The Kier molecular flexibility index (Phi) is 7.38. The number of carbonyl (C=O) groups excluding carboxylic acids is 2. The summed E-state index contributed by atoms with van der Waals surface area (Å²) in [6, 6.07) is 11.3. The average molecular weight is 344 g/mol. The number of anilines is 1. The summed E-state index contributed by atoms with van der Waals surface area (Å²) in [5.41, 5.74) is 0.760. The first kappa shape index (κ1) is 18.9. The van der Waals surface area contributed by atoms with Crippen molar-refractivity contribution in [3.63, 3.8) is 0 Å². The first-order valence-corrected chi connectivity index (χ1v) is 8.38. The molecule has 0 aromatic heterocycles. The smallest absolute Gasteiger partial charge is 0.241 e. The molecule has 134 valence electrons. The number of ether oxygens (including phenoxy) is 1. The predicted octanol–water partition coefficient (Wildman–Crippen LogP) is 0.724. The van der Waals surface area contributed by atoms with E-state index in [2.05, 4.69) is 6.07 Å². The zero-order chi connectivity index (χ0) is 18.1. The van der Waals surface area contributed by atoms with Crippen molar-refractivity contribution in [1.82, 2.24) is 9.80 Å². The fourth-order valence-corrected chi connectivity index (χ4v) is 2.68. The second-order valence-corrected chi connectivity index (χ2v) is 5.95. The topological polar surface area (TPSA) is 76.9 Å². The predicted molar refractivity (Wildman–Crippen MR) is 93.9 cm³/mol. The lowest BCUT2D eigenvalue weighted by atomic mass is 10.2. The highest BCUT2D eigenvalue weighted by atomic mass is 16.5. The van der Waals surface area contributed by atoms with Crippen LogP contribution in [-0.2, 0) is 14.3 Å². The van der Waals surface area contributed by atoms with Gasteiger partial charge in [0.05, 0.1) is 38.8 Å². The van der Waals surface area contributed by atoms with Crippen molar-refractivity contribution >= 4 is 17.5 Å². The number of rotatable bonds is 7. The maximum atomic E-state index is 12.6. The quantitative estimate of drug-likeness (QED) is 0.729. The molecule has 1 aromatic rings. The molecular weight excluding hydrogens is 320 g/mol. The van der Waals surface area contributed by atoms with Crippen molar-refractivity contribution in [3.05, 3.63) is 30.3 Å². The molecule has 1 aliphatic rings. The normalized spacial score (nSPS) is 14.2. The van der Waals surface area contributed by atoms with Crippen LogP contribution in [0.1, 0.15) is 6.42 Å². The Labute approximate surface area is 148 Å². The monoisotopic (exact) mass is 344 g/mol. The van der Waals surface area contributed by atoms with Crippen molar-refractivity contribution in [2.75, 3.05) is 57.9 Å². The van der Waals surface area contributed by atoms with Crippen LogP contribution in [0.4, 0.5) is 5.69 Å². The number of hydrogen-bond donors (Lipinski definition) is 0. The minimum atomic E-state index is -0.126. The number of likely N-dealkylation sites (N-methyl/N-ethyl adjacent to an activating group) is 1. The molecule has 0 bridgehead atoms. The molecule has 0 saturated carbocycles. The fraction of sp³-hybridized carbons (Fsp3) is 0.500. The minimum absolute atomic E-state index is 0.00175. The largest absolute Gasteiger partial charge is 0.378 e. The van der Waals surface area contributed by atoms with Crippen LogP contribution >= 0.6 is 0 Å². The number of para-hydroxylation sites is 1. The molecule has 1 saturated heterocycles. The number of amides is 2. The van der Waals surface area contributed by atoms with E-state index in [1.165, 1.54) is 0 Å². The lowest BCUT2D eigenvalue weighted by Crippen LogP contribution is -2.47. The van der Waals surface area contributed by atoms with Crippen LogP contribution < -0.4 is 4.90 Å². The fourth-order valence-electron chi connectivity index (χ4n) is 2.68. The second-order valence-electron chi connectivity index (χ2n) is 5.95. The van der Waals surface area contributed by atoms with Gasteiger partial charge in [0, 0.05) is 25.3 Å². The van der Waals surface area contributed by atoms with Crippen LogP contribution in [-0.4, -0.2) is 74.6 Å². The van der Waals surface area contributed by atoms with Gasteiger partial charge in [0.15, 0.2) is 0 Å². The van der Waals surface area contributed by atoms with Crippen LogP contribution in [0.15, 0.2) is 30.3 Å². The summed E-state index contributed by atoms with van der Waals surface area (Å²) in [6.45, 7) is 2.96. The molecule has 25 heavy (non-hydrogen) atoms. The number of carbonyl (C=O) groups is 2. The van der Waals surface area contributed by atoms with E-state index in [4.69, 9.17) is 10.00 Å². The number of nitriles is 1. The van der Waals surface area contributed by atoms with Gasteiger partial charge < -0.3 is 14.5 Å². The molecule has 2 amide bonds. The van der Waals surface area contributed by atoms with E-state index in [0.717, 1.165) is 5.69 Å². The SMILES string of the molecule is CN(CC(=O)N1CCOCC1)CC(=O)N(CCC#N)c1ccccc1. The molecule has 1 heterocycles. The van der Waals surface area contributed by atoms with Gasteiger partial charge in [-0.15, -0.1) is 0 Å². The summed E-state index contributed by atoms with van der Waals surface area (Å²) >= 11 is 0. The van der Waals surface area contributed by atoms with Crippen molar-refractivity contribution in [1.29, 1.82) is 5.26 Å². The maximum Gasteiger partial charge on any atom is 0.241 e. The lowest BCUT2D eigenvalue weighted by molar-refractivity contribution is -0.136. The van der Waals surface area contributed by atoms with Crippen LogP contribution in [0.5, 0.6) is 0 Å². The number of nitrogens with zero attached hydrogens (tertiary/aromatic N) is 4.